The van der Waals surface area contributed by atoms with Crippen molar-refractivity contribution in [2.45, 2.75) is 6.67 Å². The lowest BCUT2D eigenvalue weighted by Crippen LogP contribution is -2.10. The van der Waals surface area contributed by atoms with Gasteiger partial charge in [-0.1, -0.05) is 11.6 Å². The lowest BCUT2D eigenvalue weighted by Gasteiger charge is -1.99. The van der Waals surface area contributed by atoms with Crippen molar-refractivity contribution < 1.29 is 9.90 Å². The Balaban J connectivity index is 2.23. The molecule has 0 aliphatic rings. The van der Waals surface area contributed by atoms with Gasteiger partial charge in [0.2, 0.25) is 0 Å². The number of carboxylic acid groups (broad SMARTS) is 1. The standard InChI is InChI=1S/C8H7ClN4O2/c9-6-4-13(11-7(6)8(14)15)5-12-3-1-2-10-12/h1-4H,5H2,(H,14,15). The zero-order chi connectivity index (χ0) is 10.8. The molecule has 0 spiro atoms. The molecule has 6 nitrogen and oxygen atoms in total. The smallest absolute Gasteiger partial charge is 0.357 e. The predicted octanol–water partition coefficient (Wildman–Crippen LogP) is 0.937. The molecule has 2 heterocycles. The Kier molecular flexibility index (Phi) is 2.42. The summed E-state index contributed by atoms with van der Waals surface area (Å²) in [5, 5.41) is 16.6. The first-order valence-electron chi connectivity index (χ1n) is 4.10. The van der Waals surface area contributed by atoms with Crippen LogP contribution in [0.5, 0.6) is 0 Å². The molecule has 1 N–H and O–H groups in total. The first-order valence-corrected chi connectivity index (χ1v) is 4.48. The number of aromatic nitrogens is 4. The summed E-state index contributed by atoms with van der Waals surface area (Å²) in [6, 6.07) is 1.77. The van der Waals surface area contributed by atoms with Crippen molar-refractivity contribution in [1.82, 2.24) is 19.6 Å². The number of rotatable bonds is 3. The normalized spacial score (nSPS) is 10.5. The second kappa shape index (κ2) is 3.74. The lowest BCUT2D eigenvalue weighted by atomic mass is 10.4. The number of carbonyl (C=O) groups is 1. The number of aromatic carboxylic acids is 1. The van der Waals surface area contributed by atoms with E-state index in [9.17, 15) is 4.79 Å². The number of halogens is 1. The van der Waals surface area contributed by atoms with Crippen LogP contribution in [-0.2, 0) is 6.67 Å². The first kappa shape index (κ1) is 9.72. The fourth-order valence-electron chi connectivity index (χ4n) is 1.15. The van der Waals surface area contributed by atoms with E-state index in [1.165, 1.54) is 10.9 Å². The second-order valence-electron chi connectivity index (χ2n) is 2.86. The number of hydrogen-bond donors (Lipinski definition) is 1. The maximum Gasteiger partial charge on any atom is 0.357 e. The maximum atomic E-state index is 10.7. The first-order chi connectivity index (χ1) is 7.16. The van der Waals surface area contributed by atoms with Crippen LogP contribution in [0.3, 0.4) is 0 Å². The topological polar surface area (TPSA) is 72.9 Å². The molecule has 0 aromatic carbocycles. The molecule has 0 saturated heterocycles. The summed E-state index contributed by atoms with van der Waals surface area (Å²) in [6.07, 6.45) is 4.83. The summed E-state index contributed by atoms with van der Waals surface area (Å²) in [5.41, 5.74) is -0.149. The largest absolute Gasteiger partial charge is 0.476 e. The van der Waals surface area contributed by atoms with Gasteiger partial charge in [-0.2, -0.15) is 10.2 Å². The van der Waals surface area contributed by atoms with Gasteiger partial charge in [-0.25, -0.2) is 9.48 Å². The van der Waals surface area contributed by atoms with Gasteiger partial charge in [0, 0.05) is 18.6 Å². The summed E-state index contributed by atoms with van der Waals surface area (Å²) in [6.45, 7) is 0.333. The van der Waals surface area contributed by atoms with Crippen molar-refractivity contribution in [2.75, 3.05) is 0 Å². The molecule has 2 aromatic rings. The molecule has 0 radical (unpaired) electrons. The monoisotopic (exact) mass is 226 g/mol. The minimum Gasteiger partial charge on any atom is -0.476 e. The van der Waals surface area contributed by atoms with Gasteiger partial charge in [-0.3, -0.25) is 4.68 Å². The van der Waals surface area contributed by atoms with E-state index in [0.717, 1.165) is 0 Å². The minimum atomic E-state index is -1.14. The average Bonchev–Trinajstić information content (AvgIpc) is 2.75. The second-order valence-corrected chi connectivity index (χ2v) is 3.26. The van der Waals surface area contributed by atoms with Crippen LogP contribution in [0.15, 0.2) is 24.7 Å². The van der Waals surface area contributed by atoms with Gasteiger partial charge >= 0.3 is 5.97 Å². The minimum absolute atomic E-state index is 0.120. The van der Waals surface area contributed by atoms with Crippen LogP contribution in [0.2, 0.25) is 5.02 Å². The lowest BCUT2D eigenvalue weighted by molar-refractivity contribution is 0.0689. The van der Waals surface area contributed by atoms with E-state index in [1.807, 2.05) is 0 Å². The molecule has 0 amide bonds. The van der Waals surface area contributed by atoms with Gasteiger partial charge in [-0.15, -0.1) is 0 Å². The van der Waals surface area contributed by atoms with Crippen LogP contribution in [0, 0.1) is 0 Å². The fraction of sp³-hybridized carbons (Fsp3) is 0.125. The molecular weight excluding hydrogens is 220 g/mol. The highest BCUT2D eigenvalue weighted by Gasteiger charge is 2.13. The van der Waals surface area contributed by atoms with Crippen molar-refractivity contribution in [3.05, 3.63) is 35.4 Å². The molecule has 2 rings (SSSR count). The van der Waals surface area contributed by atoms with Crippen LogP contribution in [-0.4, -0.2) is 30.6 Å². The summed E-state index contributed by atoms with van der Waals surface area (Å²) in [4.78, 5) is 10.7. The summed E-state index contributed by atoms with van der Waals surface area (Å²) >= 11 is 5.69. The van der Waals surface area contributed by atoms with Crippen molar-refractivity contribution in [1.29, 1.82) is 0 Å². The Morgan fingerprint density at radius 3 is 2.87 bits per heavy atom. The van der Waals surface area contributed by atoms with Gasteiger partial charge < -0.3 is 5.11 Å². The molecule has 15 heavy (non-hydrogen) atoms. The molecule has 0 aliphatic carbocycles. The quantitative estimate of drug-likeness (QED) is 0.845. The number of hydrogen-bond acceptors (Lipinski definition) is 3. The molecule has 78 valence electrons. The molecule has 2 aromatic heterocycles. The third kappa shape index (κ3) is 1.99. The molecule has 0 aliphatic heterocycles. The maximum absolute atomic E-state index is 10.7. The summed E-state index contributed by atoms with van der Waals surface area (Å²) in [7, 11) is 0. The van der Waals surface area contributed by atoms with Crippen molar-refractivity contribution in [3.63, 3.8) is 0 Å². The Bertz CT molecular complexity index is 477. The highest BCUT2D eigenvalue weighted by molar-refractivity contribution is 6.33. The van der Waals surface area contributed by atoms with E-state index < -0.39 is 5.97 Å². The average molecular weight is 227 g/mol. The van der Waals surface area contributed by atoms with E-state index in [-0.39, 0.29) is 10.7 Å². The Morgan fingerprint density at radius 2 is 2.33 bits per heavy atom. The molecule has 0 bridgehead atoms. The van der Waals surface area contributed by atoms with Crippen LogP contribution in [0.1, 0.15) is 10.5 Å². The summed E-state index contributed by atoms with van der Waals surface area (Å²) in [5.74, 6) is -1.14. The van der Waals surface area contributed by atoms with E-state index in [4.69, 9.17) is 16.7 Å². The summed E-state index contributed by atoms with van der Waals surface area (Å²) < 4.78 is 3.02. The third-order valence-electron chi connectivity index (χ3n) is 1.77. The highest BCUT2D eigenvalue weighted by atomic mass is 35.5. The highest BCUT2D eigenvalue weighted by Crippen LogP contribution is 2.13. The van der Waals surface area contributed by atoms with Crippen LogP contribution < -0.4 is 0 Å². The van der Waals surface area contributed by atoms with E-state index in [0.29, 0.717) is 6.67 Å². The zero-order valence-electron chi connectivity index (χ0n) is 7.54. The molecule has 0 unspecified atom stereocenters. The molecule has 0 fully saturated rings. The SMILES string of the molecule is O=C(O)c1nn(Cn2cccn2)cc1Cl. The van der Waals surface area contributed by atoms with Crippen LogP contribution in [0.4, 0.5) is 0 Å². The van der Waals surface area contributed by atoms with Crippen molar-refractivity contribution in [3.8, 4) is 0 Å². The van der Waals surface area contributed by atoms with E-state index in [1.54, 1.807) is 23.1 Å². The van der Waals surface area contributed by atoms with Gasteiger partial charge in [0.1, 0.15) is 6.67 Å². The third-order valence-corrected chi connectivity index (χ3v) is 2.05. The Morgan fingerprint density at radius 1 is 1.53 bits per heavy atom. The molecule has 0 saturated carbocycles. The van der Waals surface area contributed by atoms with Gasteiger partial charge in [0.25, 0.3) is 0 Å². The Hall–Kier alpha value is -1.82. The van der Waals surface area contributed by atoms with E-state index >= 15 is 0 Å². The number of carboxylic acids is 1. The fourth-order valence-corrected chi connectivity index (χ4v) is 1.38. The molecule has 0 atom stereocenters. The molecular formula is C8H7ClN4O2. The number of nitrogens with zero attached hydrogens (tertiary/aromatic N) is 4. The Labute approximate surface area is 89.7 Å². The molecule has 7 heteroatoms. The van der Waals surface area contributed by atoms with Crippen molar-refractivity contribution >= 4 is 17.6 Å². The zero-order valence-corrected chi connectivity index (χ0v) is 8.29. The van der Waals surface area contributed by atoms with Gasteiger partial charge in [0.15, 0.2) is 5.69 Å². The predicted molar refractivity (Wildman–Crippen MR) is 51.8 cm³/mol. The van der Waals surface area contributed by atoms with Crippen LogP contribution in [0.25, 0.3) is 0 Å². The van der Waals surface area contributed by atoms with Crippen molar-refractivity contribution in [2.24, 2.45) is 0 Å². The van der Waals surface area contributed by atoms with E-state index in [2.05, 4.69) is 10.2 Å². The van der Waals surface area contributed by atoms with Gasteiger partial charge in [-0.05, 0) is 6.07 Å². The van der Waals surface area contributed by atoms with Crippen LogP contribution >= 0.6 is 11.6 Å². The van der Waals surface area contributed by atoms with Gasteiger partial charge in [0.05, 0.1) is 5.02 Å².